The van der Waals surface area contributed by atoms with Gasteiger partial charge in [0.25, 0.3) is 5.56 Å². The molecule has 0 saturated heterocycles. The zero-order valence-electron chi connectivity index (χ0n) is 11.5. The van der Waals surface area contributed by atoms with Gasteiger partial charge in [-0.3, -0.25) is 15.0 Å². The highest BCUT2D eigenvalue weighted by Crippen LogP contribution is 2.34. The number of rotatable bonds is 3. The van der Waals surface area contributed by atoms with E-state index < -0.39 is 0 Å². The van der Waals surface area contributed by atoms with Crippen LogP contribution in [-0.4, -0.2) is 14.8 Å². The largest absolute Gasteiger partial charge is 0.349 e. The summed E-state index contributed by atoms with van der Waals surface area (Å²) < 4.78 is 1.86. The number of aryl methyl sites for hydroxylation is 1. The van der Waals surface area contributed by atoms with Gasteiger partial charge in [0, 0.05) is 13.2 Å². The predicted octanol–water partition coefficient (Wildman–Crippen LogP) is 4.43. The van der Waals surface area contributed by atoms with Crippen molar-refractivity contribution in [3.05, 3.63) is 56.9 Å². The smallest absolute Gasteiger partial charge is 0.292 e. The number of azo groups is 1. The van der Waals surface area contributed by atoms with Crippen molar-refractivity contribution >= 4 is 34.6 Å². The molecule has 0 aliphatic carbocycles. The van der Waals surface area contributed by atoms with Gasteiger partial charge in [-0.25, -0.2) is 0 Å². The van der Waals surface area contributed by atoms with Crippen molar-refractivity contribution in [3.63, 3.8) is 0 Å². The number of aromatic amines is 2. The summed E-state index contributed by atoms with van der Waals surface area (Å²) in [7, 11) is 1.87. The summed E-state index contributed by atoms with van der Waals surface area (Å²) in [5, 5.41) is 14.1. The Morgan fingerprint density at radius 1 is 1.00 bits per heavy atom. The molecule has 0 aliphatic heterocycles. The molecule has 2 aromatic heterocycles. The number of nitrogens with one attached hydrogen (secondary N) is 2. The molecule has 0 radical (unpaired) electrons. The van der Waals surface area contributed by atoms with Crippen LogP contribution in [0.5, 0.6) is 0 Å². The van der Waals surface area contributed by atoms with Gasteiger partial charge in [0.2, 0.25) is 0 Å². The molecule has 0 fully saturated rings. The third kappa shape index (κ3) is 2.58. The maximum atomic E-state index is 11.9. The summed E-state index contributed by atoms with van der Waals surface area (Å²) in [5.41, 5.74) is 1.46. The maximum absolute atomic E-state index is 11.9. The molecule has 0 saturated carbocycles. The lowest BCUT2D eigenvalue weighted by atomic mass is 10.3. The Morgan fingerprint density at radius 3 is 2.32 bits per heavy atom. The minimum atomic E-state index is -0.372. The van der Waals surface area contributed by atoms with Crippen molar-refractivity contribution in [2.24, 2.45) is 17.3 Å². The standard InChI is InChI=1S/C14H11Cl2N5O/c1-21-7-3-6-10(21)12-13(14(22)20-18-12)19-17-11-8(15)4-2-5-9(11)16/h2-7H,1H3,(H2,18,20,22). The van der Waals surface area contributed by atoms with E-state index in [1.54, 1.807) is 18.2 Å². The Bertz CT molecular complexity index is 886. The Morgan fingerprint density at radius 2 is 1.68 bits per heavy atom. The SMILES string of the molecule is Cn1cccc1-c1[nH][nH]c(=O)c1N=Nc1c(Cl)cccc1Cl. The molecule has 3 aromatic rings. The number of H-pyrrole nitrogens is 2. The first kappa shape index (κ1) is 14.6. The molecule has 0 amide bonds. The van der Waals surface area contributed by atoms with E-state index >= 15 is 0 Å². The first-order valence-electron chi connectivity index (χ1n) is 6.36. The number of hydrogen-bond donors (Lipinski definition) is 2. The van der Waals surface area contributed by atoms with Crippen LogP contribution >= 0.6 is 23.2 Å². The third-order valence-corrected chi connectivity index (χ3v) is 3.75. The van der Waals surface area contributed by atoms with Crippen LogP contribution in [0.1, 0.15) is 0 Å². The molecule has 22 heavy (non-hydrogen) atoms. The highest BCUT2D eigenvalue weighted by Gasteiger charge is 2.14. The minimum Gasteiger partial charge on any atom is -0.349 e. The molecule has 0 unspecified atom stereocenters. The van der Waals surface area contributed by atoms with Crippen molar-refractivity contribution in [2.45, 2.75) is 0 Å². The molecular formula is C14H11Cl2N5O. The van der Waals surface area contributed by atoms with E-state index in [9.17, 15) is 4.79 Å². The van der Waals surface area contributed by atoms with Gasteiger partial charge in [-0.15, -0.1) is 10.2 Å². The first-order chi connectivity index (χ1) is 10.6. The van der Waals surface area contributed by atoms with E-state index in [-0.39, 0.29) is 11.2 Å². The molecular weight excluding hydrogens is 325 g/mol. The van der Waals surface area contributed by atoms with Crippen molar-refractivity contribution in [3.8, 4) is 11.4 Å². The van der Waals surface area contributed by atoms with Crippen LogP contribution in [0.15, 0.2) is 51.6 Å². The Labute approximate surface area is 135 Å². The Hall–Kier alpha value is -2.31. The number of aromatic nitrogens is 3. The van der Waals surface area contributed by atoms with E-state index in [1.807, 2.05) is 29.9 Å². The van der Waals surface area contributed by atoms with Gasteiger partial charge in [0.15, 0.2) is 5.69 Å². The van der Waals surface area contributed by atoms with E-state index in [0.29, 0.717) is 21.4 Å². The van der Waals surface area contributed by atoms with Gasteiger partial charge in [-0.2, -0.15) is 0 Å². The van der Waals surface area contributed by atoms with E-state index in [4.69, 9.17) is 23.2 Å². The molecule has 2 heterocycles. The number of benzene rings is 1. The first-order valence-corrected chi connectivity index (χ1v) is 7.11. The van der Waals surface area contributed by atoms with Crippen LogP contribution in [0.2, 0.25) is 10.0 Å². The fraction of sp³-hybridized carbons (Fsp3) is 0.0714. The number of halogens is 2. The zero-order chi connectivity index (χ0) is 15.7. The quantitative estimate of drug-likeness (QED) is 0.682. The van der Waals surface area contributed by atoms with Crippen LogP contribution in [0, 0.1) is 0 Å². The highest BCUT2D eigenvalue weighted by atomic mass is 35.5. The lowest BCUT2D eigenvalue weighted by Crippen LogP contribution is -1.96. The molecule has 0 aliphatic rings. The van der Waals surface area contributed by atoms with Gasteiger partial charge in [-0.05, 0) is 24.3 Å². The normalized spacial score (nSPS) is 11.4. The molecule has 8 heteroatoms. The fourth-order valence-corrected chi connectivity index (χ4v) is 2.51. The molecule has 0 bridgehead atoms. The fourth-order valence-electron chi connectivity index (χ4n) is 2.04. The average Bonchev–Trinajstić information content (AvgIpc) is 3.05. The molecule has 3 rings (SSSR count). The summed E-state index contributed by atoms with van der Waals surface area (Å²) >= 11 is 12.1. The van der Waals surface area contributed by atoms with Crippen molar-refractivity contribution in [1.82, 2.24) is 14.8 Å². The van der Waals surface area contributed by atoms with Gasteiger partial charge < -0.3 is 4.57 Å². The summed E-state index contributed by atoms with van der Waals surface area (Å²) in [4.78, 5) is 11.9. The Balaban J connectivity index is 2.07. The van der Waals surface area contributed by atoms with Crippen LogP contribution in [0.3, 0.4) is 0 Å². The minimum absolute atomic E-state index is 0.165. The third-order valence-electron chi connectivity index (χ3n) is 3.14. The lowest BCUT2D eigenvalue weighted by molar-refractivity contribution is 0.925. The van der Waals surface area contributed by atoms with Crippen LogP contribution < -0.4 is 5.56 Å². The van der Waals surface area contributed by atoms with E-state index in [1.165, 1.54) is 0 Å². The highest BCUT2D eigenvalue weighted by molar-refractivity contribution is 6.38. The average molecular weight is 336 g/mol. The molecule has 0 atom stereocenters. The van der Waals surface area contributed by atoms with E-state index in [2.05, 4.69) is 20.4 Å². The second-order valence-corrected chi connectivity index (χ2v) is 5.39. The molecule has 2 N–H and O–H groups in total. The second-order valence-electron chi connectivity index (χ2n) is 4.58. The Kier molecular flexibility index (Phi) is 3.87. The second kappa shape index (κ2) is 5.82. The van der Waals surface area contributed by atoms with Crippen molar-refractivity contribution in [1.29, 1.82) is 0 Å². The molecule has 112 valence electrons. The molecule has 6 nitrogen and oxygen atoms in total. The van der Waals surface area contributed by atoms with Gasteiger partial charge >= 0.3 is 0 Å². The maximum Gasteiger partial charge on any atom is 0.292 e. The van der Waals surface area contributed by atoms with Crippen molar-refractivity contribution < 1.29 is 0 Å². The summed E-state index contributed by atoms with van der Waals surface area (Å²) in [6, 6.07) is 8.75. The van der Waals surface area contributed by atoms with Gasteiger partial charge in [0.05, 0.1) is 15.7 Å². The van der Waals surface area contributed by atoms with Gasteiger partial charge in [0.1, 0.15) is 11.4 Å². The van der Waals surface area contributed by atoms with Crippen molar-refractivity contribution in [2.75, 3.05) is 0 Å². The molecule has 0 spiro atoms. The van der Waals surface area contributed by atoms with Crippen LogP contribution in [0.25, 0.3) is 11.4 Å². The van der Waals surface area contributed by atoms with Gasteiger partial charge in [-0.1, -0.05) is 29.3 Å². The predicted molar refractivity (Wildman–Crippen MR) is 86.5 cm³/mol. The molecule has 1 aromatic carbocycles. The summed E-state index contributed by atoms with van der Waals surface area (Å²) in [5.74, 6) is 0. The summed E-state index contributed by atoms with van der Waals surface area (Å²) in [6.07, 6.45) is 1.87. The van der Waals surface area contributed by atoms with E-state index in [0.717, 1.165) is 5.69 Å². The summed E-state index contributed by atoms with van der Waals surface area (Å²) in [6.45, 7) is 0. The van der Waals surface area contributed by atoms with Crippen LogP contribution in [0.4, 0.5) is 11.4 Å². The van der Waals surface area contributed by atoms with Crippen LogP contribution in [-0.2, 0) is 7.05 Å². The number of hydrogen-bond acceptors (Lipinski definition) is 3. The zero-order valence-corrected chi connectivity index (χ0v) is 13.0. The number of nitrogens with zero attached hydrogens (tertiary/aromatic N) is 3. The topological polar surface area (TPSA) is 78.3 Å². The lowest BCUT2D eigenvalue weighted by Gasteiger charge is -2.01. The monoisotopic (exact) mass is 335 g/mol.